The van der Waals surface area contributed by atoms with Crippen LogP contribution in [0.3, 0.4) is 0 Å². The second-order valence-corrected chi connectivity index (χ2v) is 7.84. The second-order valence-electron chi connectivity index (χ2n) is 4.87. The average molecular weight is 339 g/mol. The van der Waals surface area contributed by atoms with E-state index in [2.05, 4.69) is 0 Å². The third-order valence-electron chi connectivity index (χ3n) is 3.04. The van der Waals surface area contributed by atoms with Gasteiger partial charge in [-0.25, -0.2) is 13.2 Å². The first-order chi connectivity index (χ1) is 9.04. The third-order valence-corrected chi connectivity index (χ3v) is 4.71. The molecule has 4 nitrogen and oxygen atoms in total. The lowest BCUT2D eigenvalue weighted by Gasteiger charge is -2.18. The first kappa shape index (κ1) is 17.3. The van der Waals surface area contributed by atoms with Crippen molar-refractivity contribution in [3.8, 4) is 0 Å². The quantitative estimate of drug-likeness (QED) is 0.619. The summed E-state index contributed by atoms with van der Waals surface area (Å²) in [6.07, 6.45) is -0.294. The van der Waals surface area contributed by atoms with Crippen LogP contribution in [0.25, 0.3) is 0 Å². The fourth-order valence-electron chi connectivity index (χ4n) is 1.49. The largest absolute Gasteiger partial charge is 0.459 e. The minimum atomic E-state index is -3.98. The summed E-state index contributed by atoms with van der Waals surface area (Å²) in [4.78, 5) is 11.9. The molecule has 1 aromatic rings. The molecule has 0 heterocycles. The Morgan fingerprint density at radius 2 is 1.80 bits per heavy atom. The Bertz CT molecular complexity index is 624. The smallest absolute Gasteiger partial charge is 0.338 e. The van der Waals surface area contributed by atoms with Crippen molar-refractivity contribution in [1.82, 2.24) is 0 Å². The summed E-state index contributed by atoms with van der Waals surface area (Å²) in [5.74, 6) is -0.470. The predicted molar refractivity (Wildman–Crippen MR) is 78.9 cm³/mol. The number of hydrogen-bond acceptors (Lipinski definition) is 4. The van der Waals surface area contributed by atoms with Crippen molar-refractivity contribution >= 4 is 37.3 Å². The zero-order valence-corrected chi connectivity index (χ0v) is 13.9. The molecule has 0 fully saturated rings. The summed E-state index contributed by atoms with van der Waals surface area (Å²) >= 11 is 5.84. The summed E-state index contributed by atoms with van der Waals surface area (Å²) in [5.41, 5.74) is 0.328. The molecule has 0 aliphatic carbocycles. The van der Waals surface area contributed by atoms with Gasteiger partial charge in [0.1, 0.15) is 6.10 Å². The molecule has 0 saturated heterocycles. The van der Waals surface area contributed by atoms with E-state index < -0.39 is 15.0 Å². The van der Waals surface area contributed by atoms with Crippen molar-refractivity contribution < 1.29 is 17.9 Å². The second kappa shape index (κ2) is 6.33. The molecule has 1 aromatic carbocycles. The van der Waals surface area contributed by atoms with Crippen LogP contribution in [0.1, 0.15) is 36.7 Å². The van der Waals surface area contributed by atoms with Gasteiger partial charge in [0.05, 0.1) is 10.5 Å². The molecule has 0 radical (unpaired) electrons. The van der Waals surface area contributed by atoms with Crippen molar-refractivity contribution in [1.29, 1.82) is 0 Å². The SMILES string of the molecule is Cc1c(C(=O)OC(C)C(C)C)cc(Cl)cc1S(=O)(=O)Cl. The predicted octanol–water partition coefficient (Wildman–Crippen LogP) is 3.78. The van der Waals surface area contributed by atoms with Gasteiger partial charge in [-0.2, -0.15) is 0 Å². The monoisotopic (exact) mass is 338 g/mol. The lowest BCUT2D eigenvalue weighted by atomic mass is 10.1. The van der Waals surface area contributed by atoms with E-state index in [1.165, 1.54) is 19.1 Å². The first-order valence-electron chi connectivity index (χ1n) is 5.99. The number of carbonyl (C=O) groups excluding carboxylic acids is 1. The Labute approximate surface area is 128 Å². The molecular weight excluding hydrogens is 323 g/mol. The highest BCUT2D eigenvalue weighted by Gasteiger charge is 2.23. The van der Waals surface area contributed by atoms with Gasteiger partial charge in [0.25, 0.3) is 9.05 Å². The van der Waals surface area contributed by atoms with E-state index in [0.717, 1.165) is 0 Å². The fourth-order valence-corrected chi connectivity index (χ4v) is 2.99. The number of esters is 1. The van der Waals surface area contributed by atoms with Crippen molar-refractivity contribution in [2.45, 2.75) is 38.7 Å². The molecule has 0 amide bonds. The van der Waals surface area contributed by atoms with E-state index in [1.807, 2.05) is 13.8 Å². The van der Waals surface area contributed by atoms with Gasteiger partial charge in [0.2, 0.25) is 0 Å². The van der Waals surface area contributed by atoms with Crippen LogP contribution in [-0.2, 0) is 13.8 Å². The summed E-state index contributed by atoms with van der Waals surface area (Å²) in [6, 6.07) is 2.58. The lowest BCUT2D eigenvalue weighted by molar-refractivity contribution is 0.0237. The van der Waals surface area contributed by atoms with Crippen LogP contribution in [-0.4, -0.2) is 20.5 Å². The fraction of sp³-hybridized carbons (Fsp3) is 0.462. The van der Waals surface area contributed by atoms with Gasteiger partial charge < -0.3 is 4.74 Å². The van der Waals surface area contributed by atoms with Crippen LogP contribution in [0.4, 0.5) is 0 Å². The van der Waals surface area contributed by atoms with E-state index in [4.69, 9.17) is 27.0 Å². The van der Waals surface area contributed by atoms with E-state index in [-0.39, 0.29) is 33.1 Å². The first-order valence-corrected chi connectivity index (χ1v) is 8.68. The maximum atomic E-state index is 12.1. The van der Waals surface area contributed by atoms with Gasteiger partial charge in [-0.1, -0.05) is 25.4 Å². The number of benzene rings is 1. The zero-order valence-electron chi connectivity index (χ0n) is 11.6. The standard InChI is InChI=1S/C13H16Cl2O4S/c1-7(2)9(4)19-13(16)11-5-10(14)6-12(8(11)3)20(15,17)18/h5-7,9H,1-4H3. The summed E-state index contributed by atoms with van der Waals surface area (Å²) < 4.78 is 28.2. The Morgan fingerprint density at radius 1 is 1.25 bits per heavy atom. The molecule has 20 heavy (non-hydrogen) atoms. The van der Waals surface area contributed by atoms with Crippen molar-refractivity contribution in [2.75, 3.05) is 0 Å². The summed E-state index contributed by atoms with van der Waals surface area (Å²) in [6.45, 7) is 7.08. The van der Waals surface area contributed by atoms with E-state index in [0.29, 0.717) is 0 Å². The highest BCUT2D eigenvalue weighted by Crippen LogP contribution is 2.27. The van der Waals surface area contributed by atoms with E-state index >= 15 is 0 Å². The van der Waals surface area contributed by atoms with Crippen LogP contribution in [0.15, 0.2) is 17.0 Å². The van der Waals surface area contributed by atoms with E-state index in [1.54, 1.807) is 6.92 Å². The maximum absolute atomic E-state index is 12.1. The van der Waals surface area contributed by atoms with Crippen LogP contribution in [0.2, 0.25) is 5.02 Å². The van der Waals surface area contributed by atoms with Crippen LogP contribution < -0.4 is 0 Å². The van der Waals surface area contributed by atoms with Crippen LogP contribution in [0.5, 0.6) is 0 Å². The Hall–Kier alpha value is -0.780. The molecule has 1 rings (SSSR count). The van der Waals surface area contributed by atoms with Crippen LogP contribution in [0, 0.1) is 12.8 Å². The molecule has 0 aliphatic rings. The van der Waals surface area contributed by atoms with E-state index in [9.17, 15) is 13.2 Å². The van der Waals surface area contributed by atoms with Gasteiger partial charge in [-0.15, -0.1) is 0 Å². The molecule has 7 heteroatoms. The zero-order chi connectivity index (χ0) is 15.7. The average Bonchev–Trinajstić information content (AvgIpc) is 2.29. The molecule has 112 valence electrons. The highest BCUT2D eigenvalue weighted by molar-refractivity contribution is 8.13. The normalized spacial score (nSPS) is 13.3. The summed E-state index contributed by atoms with van der Waals surface area (Å²) in [7, 11) is 1.35. The van der Waals surface area contributed by atoms with Gasteiger partial charge in [-0.05, 0) is 37.5 Å². The molecule has 0 bridgehead atoms. The minimum Gasteiger partial charge on any atom is -0.459 e. The minimum absolute atomic E-state index is 0.101. The Morgan fingerprint density at radius 3 is 2.25 bits per heavy atom. The molecule has 1 unspecified atom stereocenters. The Balaban J connectivity index is 3.26. The number of hydrogen-bond donors (Lipinski definition) is 0. The molecule has 0 aliphatic heterocycles. The Kier molecular flexibility index (Phi) is 5.46. The number of ether oxygens (including phenoxy) is 1. The molecule has 0 spiro atoms. The van der Waals surface area contributed by atoms with Crippen molar-refractivity contribution in [3.05, 3.63) is 28.3 Å². The number of carbonyl (C=O) groups is 1. The number of halogens is 2. The molecule has 0 saturated carbocycles. The molecule has 0 aromatic heterocycles. The summed E-state index contributed by atoms with van der Waals surface area (Å²) in [5, 5.41) is 0.110. The lowest BCUT2D eigenvalue weighted by Crippen LogP contribution is -2.21. The van der Waals surface area contributed by atoms with Gasteiger partial charge >= 0.3 is 5.97 Å². The van der Waals surface area contributed by atoms with Gasteiger partial charge in [0.15, 0.2) is 0 Å². The third kappa shape index (κ3) is 4.11. The van der Waals surface area contributed by atoms with Crippen molar-refractivity contribution in [2.24, 2.45) is 5.92 Å². The molecular formula is C13H16Cl2O4S. The topological polar surface area (TPSA) is 60.4 Å². The number of rotatable bonds is 4. The van der Waals surface area contributed by atoms with Gasteiger partial charge in [0, 0.05) is 15.7 Å². The maximum Gasteiger partial charge on any atom is 0.338 e. The van der Waals surface area contributed by atoms with Crippen LogP contribution >= 0.6 is 22.3 Å². The molecule has 1 atom stereocenters. The highest BCUT2D eigenvalue weighted by atomic mass is 35.7. The molecule has 0 N–H and O–H groups in total. The van der Waals surface area contributed by atoms with Crippen molar-refractivity contribution in [3.63, 3.8) is 0 Å². The van der Waals surface area contributed by atoms with Gasteiger partial charge in [-0.3, -0.25) is 0 Å².